The van der Waals surface area contributed by atoms with Crippen molar-refractivity contribution in [2.24, 2.45) is 5.84 Å². The third kappa shape index (κ3) is 3.63. The van der Waals surface area contributed by atoms with Crippen molar-refractivity contribution in [2.75, 3.05) is 6.61 Å². The predicted octanol–water partition coefficient (Wildman–Crippen LogP) is 3.76. The molecule has 0 bridgehead atoms. The van der Waals surface area contributed by atoms with Gasteiger partial charge in [-0.15, -0.1) is 0 Å². The van der Waals surface area contributed by atoms with Crippen LogP contribution in [0, 0.1) is 0 Å². The van der Waals surface area contributed by atoms with Crippen LogP contribution < -0.4 is 16.0 Å². The second kappa shape index (κ2) is 7.25. The van der Waals surface area contributed by atoms with Crippen molar-refractivity contribution in [3.63, 3.8) is 0 Å². The topological polar surface area (TPSA) is 47.3 Å². The van der Waals surface area contributed by atoms with Gasteiger partial charge in [0.1, 0.15) is 5.75 Å². The van der Waals surface area contributed by atoms with Crippen LogP contribution in [0.4, 0.5) is 0 Å². The Morgan fingerprint density at radius 3 is 2.19 bits per heavy atom. The molecule has 0 amide bonds. The van der Waals surface area contributed by atoms with Gasteiger partial charge in [0, 0.05) is 5.56 Å². The van der Waals surface area contributed by atoms with Crippen LogP contribution in [-0.2, 0) is 0 Å². The normalized spacial score (nSPS) is 12.4. The highest BCUT2D eigenvalue weighted by Gasteiger charge is 2.16. The molecule has 3 N–H and O–H groups in total. The van der Waals surface area contributed by atoms with Gasteiger partial charge in [-0.25, -0.2) is 5.43 Å². The van der Waals surface area contributed by atoms with Gasteiger partial charge in [-0.2, -0.15) is 0 Å². The Hall–Kier alpha value is -1.84. The molecule has 0 fully saturated rings. The minimum atomic E-state index is -0.0750. The van der Waals surface area contributed by atoms with Crippen molar-refractivity contribution in [3.05, 3.63) is 65.2 Å². The molecule has 0 radical (unpaired) electrons. The zero-order chi connectivity index (χ0) is 15.2. The highest BCUT2D eigenvalue weighted by molar-refractivity contribution is 5.42. The first-order chi connectivity index (χ1) is 10.2. The first-order valence-corrected chi connectivity index (χ1v) is 7.45. The molecule has 3 heteroatoms. The van der Waals surface area contributed by atoms with E-state index >= 15 is 0 Å². The Morgan fingerprint density at radius 1 is 1.00 bits per heavy atom. The Morgan fingerprint density at radius 2 is 1.62 bits per heavy atom. The lowest BCUT2D eigenvalue weighted by atomic mass is 9.95. The minimum absolute atomic E-state index is 0.0750. The molecule has 112 valence electrons. The van der Waals surface area contributed by atoms with Gasteiger partial charge in [-0.1, -0.05) is 56.3 Å². The fourth-order valence-electron chi connectivity index (χ4n) is 2.44. The largest absolute Gasteiger partial charge is 0.494 e. The van der Waals surface area contributed by atoms with E-state index in [9.17, 15) is 0 Å². The van der Waals surface area contributed by atoms with Crippen LogP contribution in [0.1, 0.15) is 49.4 Å². The summed E-state index contributed by atoms with van der Waals surface area (Å²) in [6.45, 7) is 7.01. The van der Waals surface area contributed by atoms with E-state index in [-0.39, 0.29) is 6.04 Å². The van der Waals surface area contributed by atoms with E-state index < -0.39 is 0 Å². The van der Waals surface area contributed by atoms with Crippen molar-refractivity contribution >= 4 is 0 Å². The predicted molar refractivity (Wildman–Crippen MR) is 87.3 cm³/mol. The molecule has 0 spiro atoms. The lowest BCUT2D eigenvalue weighted by Gasteiger charge is -2.20. The number of para-hydroxylation sites is 1. The minimum Gasteiger partial charge on any atom is -0.494 e. The maximum atomic E-state index is 5.79. The maximum Gasteiger partial charge on any atom is 0.124 e. The molecule has 0 saturated heterocycles. The van der Waals surface area contributed by atoms with Crippen LogP contribution in [0.3, 0.4) is 0 Å². The third-order valence-electron chi connectivity index (χ3n) is 3.63. The van der Waals surface area contributed by atoms with Gasteiger partial charge in [0.15, 0.2) is 0 Å². The molecule has 3 nitrogen and oxygen atoms in total. The second-order valence-corrected chi connectivity index (χ2v) is 5.39. The average Bonchev–Trinajstić information content (AvgIpc) is 2.50. The molecule has 2 aromatic carbocycles. The van der Waals surface area contributed by atoms with Gasteiger partial charge in [0.2, 0.25) is 0 Å². The van der Waals surface area contributed by atoms with Gasteiger partial charge in [0.05, 0.1) is 12.6 Å². The van der Waals surface area contributed by atoms with Crippen molar-refractivity contribution in [2.45, 2.75) is 32.7 Å². The van der Waals surface area contributed by atoms with Gasteiger partial charge in [-0.3, -0.25) is 5.84 Å². The van der Waals surface area contributed by atoms with E-state index in [1.807, 2.05) is 31.2 Å². The summed E-state index contributed by atoms with van der Waals surface area (Å²) in [6.07, 6.45) is 0. The molecule has 21 heavy (non-hydrogen) atoms. The number of rotatable bonds is 6. The van der Waals surface area contributed by atoms with Crippen molar-refractivity contribution in [3.8, 4) is 5.75 Å². The van der Waals surface area contributed by atoms with E-state index in [4.69, 9.17) is 10.6 Å². The average molecular weight is 284 g/mol. The Labute approximate surface area is 127 Å². The molecule has 2 rings (SSSR count). The number of hydrogen-bond acceptors (Lipinski definition) is 3. The zero-order valence-electron chi connectivity index (χ0n) is 13.0. The number of ether oxygens (including phenoxy) is 1. The Bertz CT molecular complexity index is 564. The van der Waals surface area contributed by atoms with Crippen LogP contribution in [0.15, 0.2) is 48.5 Å². The van der Waals surface area contributed by atoms with E-state index in [1.165, 1.54) is 5.56 Å². The zero-order valence-corrected chi connectivity index (χ0v) is 13.0. The lowest BCUT2D eigenvalue weighted by Crippen LogP contribution is -2.29. The number of benzene rings is 2. The maximum absolute atomic E-state index is 5.79. The smallest absolute Gasteiger partial charge is 0.124 e. The summed E-state index contributed by atoms with van der Waals surface area (Å²) in [5, 5.41) is 0. The third-order valence-corrected chi connectivity index (χ3v) is 3.63. The van der Waals surface area contributed by atoms with Crippen molar-refractivity contribution in [1.29, 1.82) is 0 Å². The Kier molecular flexibility index (Phi) is 5.37. The number of nitrogens with one attached hydrogen (secondary N) is 1. The summed E-state index contributed by atoms with van der Waals surface area (Å²) in [6, 6.07) is 16.5. The lowest BCUT2D eigenvalue weighted by molar-refractivity contribution is 0.333. The molecule has 0 aliphatic carbocycles. The molecule has 2 aromatic rings. The van der Waals surface area contributed by atoms with E-state index in [0.717, 1.165) is 16.9 Å². The van der Waals surface area contributed by atoms with Crippen molar-refractivity contribution in [1.82, 2.24) is 5.43 Å². The van der Waals surface area contributed by atoms with E-state index in [0.29, 0.717) is 12.5 Å². The number of hydrazine groups is 1. The first kappa shape index (κ1) is 15.5. The van der Waals surface area contributed by atoms with Crippen LogP contribution in [0.5, 0.6) is 5.75 Å². The summed E-state index contributed by atoms with van der Waals surface area (Å²) in [4.78, 5) is 0. The summed E-state index contributed by atoms with van der Waals surface area (Å²) < 4.78 is 5.71. The van der Waals surface area contributed by atoms with Crippen LogP contribution in [-0.4, -0.2) is 6.61 Å². The molecule has 0 aliphatic heterocycles. The fraction of sp³-hybridized carbons (Fsp3) is 0.333. The molecule has 1 unspecified atom stereocenters. The molecular weight excluding hydrogens is 260 g/mol. The Balaban J connectivity index is 2.35. The van der Waals surface area contributed by atoms with Crippen molar-refractivity contribution < 1.29 is 4.74 Å². The van der Waals surface area contributed by atoms with Gasteiger partial charge in [0.25, 0.3) is 0 Å². The molecule has 0 aromatic heterocycles. The molecule has 0 saturated carbocycles. The first-order valence-electron chi connectivity index (χ1n) is 7.45. The van der Waals surface area contributed by atoms with Gasteiger partial charge in [-0.05, 0) is 30.0 Å². The highest BCUT2D eigenvalue weighted by atomic mass is 16.5. The SMILES string of the molecule is CCOc1ccccc1C(NN)c1ccc(C(C)C)cc1. The molecule has 1 atom stereocenters. The monoisotopic (exact) mass is 284 g/mol. The highest BCUT2D eigenvalue weighted by Crippen LogP contribution is 2.30. The van der Waals surface area contributed by atoms with Crippen LogP contribution in [0.2, 0.25) is 0 Å². The molecule has 0 heterocycles. The number of nitrogens with two attached hydrogens (primary N) is 1. The quantitative estimate of drug-likeness (QED) is 0.627. The second-order valence-electron chi connectivity index (χ2n) is 5.39. The van der Waals surface area contributed by atoms with Gasteiger partial charge < -0.3 is 4.74 Å². The van der Waals surface area contributed by atoms with Gasteiger partial charge >= 0.3 is 0 Å². The standard InChI is InChI=1S/C18H24N2O/c1-4-21-17-8-6-5-7-16(17)18(20-19)15-11-9-14(10-12-15)13(2)3/h5-13,18,20H,4,19H2,1-3H3. The van der Waals surface area contributed by atoms with E-state index in [1.54, 1.807) is 0 Å². The van der Waals surface area contributed by atoms with E-state index in [2.05, 4.69) is 43.5 Å². The van der Waals surface area contributed by atoms with Crippen LogP contribution in [0.25, 0.3) is 0 Å². The summed E-state index contributed by atoms with van der Waals surface area (Å²) in [5.41, 5.74) is 6.42. The molecular formula is C18H24N2O. The summed E-state index contributed by atoms with van der Waals surface area (Å²) in [7, 11) is 0. The van der Waals surface area contributed by atoms with Crippen LogP contribution >= 0.6 is 0 Å². The number of hydrogen-bond donors (Lipinski definition) is 2. The summed E-state index contributed by atoms with van der Waals surface area (Å²) in [5.74, 6) is 7.19. The fourth-order valence-corrected chi connectivity index (χ4v) is 2.44. The summed E-state index contributed by atoms with van der Waals surface area (Å²) >= 11 is 0. The molecule has 0 aliphatic rings.